The quantitative estimate of drug-likeness (QED) is 0.829. The summed E-state index contributed by atoms with van der Waals surface area (Å²) in [5.41, 5.74) is 6.58. The van der Waals surface area contributed by atoms with Gasteiger partial charge in [0.15, 0.2) is 0 Å². The largest absolute Gasteiger partial charge is 0.380 e. The molecular weight excluding hydrogens is 256 g/mol. The molecule has 2 rings (SSSR count). The topological polar surface area (TPSA) is 73.4 Å². The van der Waals surface area contributed by atoms with Crippen LogP contribution in [0.3, 0.4) is 0 Å². The molecule has 0 aromatic carbocycles. The zero-order valence-corrected chi connectivity index (χ0v) is 12.5. The minimum Gasteiger partial charge on any atom is -0.380 e. The van der Waals surface area contributed by atoms with Crippen LogP contribution in [-0.2, 0) is 22.6 Å². The second-order valence-electron chi connectivity index (χ2n) is 5.91. The fourth-order valence-electron chi connectivity index (χ4n) is 2.70. The molecule has 1 aromatic heterocycles. The molecule has 1 fully saturated rings. The highest BCUT2D eigenvalue weighted by Gasteiger charge is 2.35. The van der Waals surface area contributed by atoms with Gasteiger partial charge in [0.1, 0.15) is 0 Å². The van der Waals surface area contributed by atoms with E-state index in [1.165, 1.54) is 0 Å². The number of rotatable bonds is 6. The normalized spacial score (nSPS) is 23.6. The molecule has 112 valence electrons. The average Bonchev–Trinajstić information content (AvgIpc) is 2.96. The van der Waals surface area contributed by atoms with Gasteiger partial charge in [0.2, 0.25) is 5.91 Å². The lowest BCUT2D eigenvalue weighted by atomic mass is 10.2. The lowest BCUT2D eigenvalue weighted by Crippen LogP contribution is -2.39. The summed E-state index contributed by atoms with van der Waals surface area (Å²) in [5.74, 6) is 0.282. The smallest absolute Gasteiger partial charge is 0.234 e. The van der Waals surface area contributed by atoms with E-state index in [2.05, 4.69) is 23.8 Å². The second kappa shape index (κ2) is 6.37. The number of nitrogens with two attached hydrogens (primary N) is 1. The number of likely N-dealkylation sites (tertiary alicyclic amines) is 1. The van der Waals surface area contributed by atoms with E-state index in [4.69, 9.17) is 10.5 Å². The van der Waals surface area contributed by atoms with Crippen LogP contribution in [-0.4, -0.2) is 46.4 Å². The molecule has 1 aliphatic heterocycles. The van der Waals surface area contributed by atoms with Crippen molar-refractivity contribution < 1.29 is 9.53 Å². The molecule has 0 saturated carbocycles. The van der Waals surface area contributed by atoms with Gasteiger partial charge < -0.3 is 10.5 Å². The van der Waals surface area contributed by atoms with E-state index in [-0.39, 0.29) is 18.1 Å². The van der Waals surface area contributed by atoms with Crippen LogP contribution < -0.4 is 5.73 Å². The number of nitrogens with zero attached hydrogens (tertiary/aromatic N) is 3. The van der Waals surface area contributed by atoms with E-state index in [9.17, 15) is 4.79 Å². The van der Waals surface area contributed by atoms with Crippen LogP contribution in [0.1, 0.15) is 25.8 Å². The fraction of sp³-hybridized carbons (Fsp3) is 0.714. The number of carbonyl (C=O) groups is 1. The van der Waals surface area contributed by atoms with Crippen molar-refractivity contribution in [2.75, 3.05) is 13.7 Å². The molecule has 2 N–H and O–H groups in total. The number of hydrogen-bond donors (Lipinski definition) is 1. The van der Waals surface area contributed by atoms with Crippen LogP contribution in [0.2, 0.25) is 0 Å². The predicted molar refractivity (Wildman–Crippen MR) is 75.9 cm³/mol. The molecule has 1 amide bonds. The summed E-state index contributed by atoms with van der Waals surface area (Å²) in [4.78, 5) is 13.6. The lowest BCUT2D eigenvalue weighted by Gasteiger charge is -2.20. The number of hydrogen-bond acceptors (Lipinski definition) is 4. The minimum absolute atomic E-state index is 0.0817. The molecule has 0 aliphatic carbocycles. The fourth-order valence-corrected chi connectivity index (χ4v) is 2.70. The molecule has 6 heteroatoms. The Bertz CT molecular complexity index is 458. The number of ether oxygens (including phenoxy) is 1. The average molecular weight is 280 g/mol. The van der Waals surface area contributed by atoms with Crippen LogP contribution >= 0.6 is 0 Å². The number of aromatic nitrogens is 2. The molecule has 2 atom stereocenters. The van der Waals surface area contributed by atoms with Crippen LogP contribution in [0.15, 0.2) is 12.4 Å². The van der Waals surface area contributed by atoms with Crippen LogP contribution in [0, 0.1) is 5.92 Å². The molecule has 1 saturated heterocycles. The summed E-state index contributed by atoms with van der Waals surface area (Å²) < 4.78 is 7.29. The van der Waals surface area contributed by atoms with Crippen molar-refractivity contribution in [1.82, 2.24) is 14.7 Å². The Kier molecular flexibility index (Phi) is 4.77. The van der Waals surface area contributed by atoms with E-state index in [1.807, 2.05) is 17.1 Å². The summed E-state index contributed by atoms with van der Waals surface area (Å²) in [5, 5.41) is 4.35. The lowest BCUT2D eigenvalue weighted by molar-refractivity contribution is -0.122. The van der Waals surface area contributed by atoms with Gasteiger partial charge in [0, 0.05) is 38.5 Å². The highest BCUT2D eigenvalue weighted by atomic mass is 16.5. The number of primary amides is 1. The highest BCUT2D eigenvalue weighted by Crippen LogP contribution is 2.22. The van der Waals surface area contributed by atoms with E-state index in [0.717, 1.165) is 18.7 Å². The summed E-state index contributed by atoms with van der Waals surface area (Å²) in [7, 11) is 1.67. The molecule has 0 unspecified atom stereocenters. The Labute approximate surface area is 119 Å². The molecule has 20 heavy (non-hydrogen) atoms. The first-order valence-corrected chi connectivity index (χ1v) is 7.07. The van der Waals surface area contributed by atoms with Gasteiger partial charge in [0.05, 0.1) is 18.3 Å². The van der Waals surface area contributed by atoms with Gasteiger partial charge in [-0.25, -0.2) is 0 Å². The third-order valence-electron chi connectivity index (χ3n) is 3.65. The van der Waals surface area contributed by atoms with Gasteiger partial charge in [-0.15, -0.1) is 0 Å². The van der Waals surface area contributed by atoms with Crippen molar-refractivity contribution >= 4 is 5.91 Å². The molecule has 1 aliphatic rings. The minimum atomic E-state index is -0.279. The highest BCUT2D eigenvalue weighted by molar-refractivity contribution is 5.80. The molecule has 0 bridgehead atoms. The molecule has 0 radical (unpaired) electrons. The van der Waals surface area contributed by atoms with Gasteiger partial charge in [-0.2, -0.15) is 5.10 Å². The summed E-state index contributed by atoms with van der Waals surface area (Å²) in [6, 6.07) is -0.242. The van der Waals surface area contributed by atoms with Crippen molar-refractivity contribution in [3.05, 3.63) is 18.0 Å². The standard InChI is InChI=1S/C14H24N4O2/c1-10(2)6-18-8-11(5-16-18)7-17-9-12(20-3)4-13(17)14(15)19/h5,8,10,12-13H,4,6-7,9H2,1-3H3,(H2,15,19)/t12-,13-/m0/s1. The van der Waals surface area contributed by atoms with Crippen LogP contribution in [0.4, 0.5) is 0 Å². The first-order valence-electron chi connectivity index (χ1n) is 7.07. The van der Waals surface area contributed by atoms with Crippen molar-refractivity contribution in [3.8, 4) is 0 Å². The SMILES string of the molecule is CO[C@H]1C[C@@H](C(N)=O)N(Cc2cnn(CC(C)C)c2)C1. The van der Waals surface area contributed by atoms with Gasteiger partial charge >= 0.3 is 0 Å². The second-order valence-corrected chi connectivity index (χ2v) is 5.91. The zero-order chi connectivity index (χ0) is 14.7. The Morgan fingerprint density at radius 1 is 1.60 bits per heavy atom. The Balaban J connectivity index is 2.00. The van der Waals surface area contributed by atoms with Gasteiger partial charge in [0.25, 0.3) is 0 Å². The molecule has 0 spiro atoms. The van der Waals surface area contributed by atoms with Crippen molar-refractivity contribution in [3.63, 3.8) is 0 Å². The number of amides is 1. The maximum absolute atomic E-state index is 11.5. The molecular formula is C14H24N4O2. The Morgan fingerprint density at radius 2 is 2.35 bits per heavy atom. The Hall–Kier alpha value is -1.40. The number of methoxy groups -OCH3 is 1. The van der Waals surface area contributed by atoms with Crippen molar-refractivity contribution in [1.29, 1.82) is 0 Å². The predicted octanol–water partition coefficient (Wildman–Crippen LogP) is 0.614. The monoisotopic (exact) mass is 280 g/mol. The van der Waals surface area contributed by atoms with Gasteiger partial charge in [-0.05, 0) is 12.3 Å². The first-order chi connectivity index (χ1) is 9.49. The zero-order valence-electron chi connectivity index (χ0n) is 12.5. The molecule has 1 aromatic rings. The van der Waals surface area contributed by atoms with Gasteiger partial charge in [-0.1, -0.05) is 13.8 Å². The molecule has 6 nitrogen and oxygen atoms in total. The van der Waals surface area contributed by atoms with Crippen molar-refractivity contribution in [2.24, 2.45) is 11.7 Å². The Morgan fingerprint density at radius 3 is 2.95 bits per heavy atom. The van der Waals surface area contributed by atoms with E-state index in [1.54, 1.807) is 7.11 Å². The number of carbonyl (C=O) groups excluding carboxylic acids is 1. The summed E-state index contributed by atoms with van der Waals surface area (Å²) in [6.07, 6.45) is 4.66. The maximum atomic E-state index is 11.5. The third-order valence-corrected chi connectivity index (χ3v) is 3.65. The van der Waals surface area contributed by atoms with Crippen molar-refractivity contribution in [2.45, 2.75) is 45.5 Å². The maximum Gasteiger partial charge on any atom is 0.234 e. The summed E-state index contributed by atoms with van der Waals surface area (Å²) in [6.45, 7) is 6.65. The van der Waals surface area contributed by atoms with Crippen LogP contribution in [0.5, 0.6) is 0 Å². The van der Waals surface area contributed by atoms with E-state index in [0.29, 0.717) is 18.9 Å². The third kappa shape index (κ3) is 3.58. The van der Waals surface area contributed by atoms with E-state index < -0.39 is 0 Å². The van der Waals surface area contributed by atoms with Gasteiger partial charge in [-0.3, -0.25) is 14.4 Å². The molecule has 2 heterocycles. The van der Waals surface area contributed by atoms with E-state index >= 15 is 0 Å². The van der Waals surface area contributed by atoms with Crippen LogP contribution in [0.25, 0.3) is 0 Å². The first kappa shape index (κ1) is 15.0. The summed E-state index contributed by atoms with van der Waals surface area (Å²) >= 11 is 0.